The molecule has 0 unspecified atom stereocenters. The zero-order chi connectivity index (χ0) is 16.2. The monoisotopic (exact) mass is 324 g/mol. The van der Waals surface area contributed by atoms with Crippen LogP contribution >= 0.6 is 0 Å². The molecule has 0 aromatic heterocycles. The van der Waals surface area contributed by atoms with Crippen molar-refractivity contribution in [1.29, 1.82) is 0 Å². The first-order valence-electron chi connectivity index (χ1n) is 8.17. The lowest BCUT2D eigenvalue weighted by Gasteiger charge is -2.33. The average molecular weight is 324 g/mol. The first kappa shape index (κ1) is 16.3. The molecule has 0 saturated carbocycles. The van der Waals surface area contributed by atoms with Crippen molar-refractivity contribution in [3.8, 4) is 0 Å². The molecule has 0 aliphatic carbocycles. The third-order valence-electron chi connectivity index (χ3n) is 4.59. The first-order chi connectivity index (χ1) is 11.1. The Morgan fingerprint density at radius 3 is 2.48 bits per heavy atom. The van der Waals surface area contributed by atoms with Crippen LogP contribution in [0.1, 0.15) is 29.6 Å². The van der Waals surface area contributed by atoms with Crippen LogP contribution in [-0.2, 0) is 4.74 Å². The summed E-state index contributed by atoms with van der Waals surface area (Å²) in [7, 11) is 0. The van der Waals surface area contributed by atoms with Gasteiger partial charge in [-0.2, -0.15) is 0 Å². The predicted octanol–water partition coefficient (Wildman–Crippen LogP) is 2.20. The Bertz CT molecular complexity index is 533. The topological polar surface area (TPSA) is 41.6 Å². The number of halogens is 2. The van der Waals surface area contributed by atoms with E-state index in [9.17, 15) is 13.6 Å². The molecule has 1 N–H and O–H groups in total. The van der Waals surface area contributed by atoms with E-state index in [4.69, 9.17) is 4.74 Å². The Hall–Kier alpha value is -1.53. The van der Waals surface area contributed by atoms with Crippen molar-refractivity contribution in [2.24, 2.45) is 5.92 Å². The Morgan fingerprint density at radius 1 is 1.17 bits per heavy atom. The van der Waals surface area contributed by atoms with Gasteiger partial charge in [-0.25, -0.2) is 8.78 Å². The van der Waals surface area contributed by atoms with Crippen LogP contribution in [0.25, 0.3) is 0 Å². The lowest BCUT2D eigenvalue weighted by Crippen LogP contribution is -2.45. The number of nitrogens with one attached hydrogen (secondary N) is 1. The van der Waals surface area contributed by atoms with Crippen molar-refractivity contribution >= 4 is 5.91 Å². The molecule has 6 heteroatoms. The molecule has 3 rings (SSSR count). The van der Waals surface area contributed by atoms with Crippen LogP contribution in [0.2, 0.25) is 0 Å². The fourth-order valence-corrected chi connectivity index (χ4v) is 3.31. The van der Waals surface area contributed by atoms with Gasteiger partial charge in [-0.1, -0.05) is 0 Å². The highest BCUT2D eigenvalue weighted by Gasteiger charge is 2.25. The number of ether oxygens (including phenoxy) is 1. The summed E-state index contributed by atoms with van der Waals surface area (Å²) in [6.45, 7) is 4.62. The van der Waals surface area contributed by atoms with Gasteiger partial charge in [0, 0.05) is 43.9 Å². The molecule has 0 spiro atoms. The van der Waals surface area contributed by atoms with Crippen LogP contribution in [0, 0.1) is 17.6 Å². The number of carbonyl (C=O) groups is 1. The van der Waals surface area contributed by atoms with E-state index in [-0.39, 0.29) is 11.6 Å². The summed E-state index contributed by atoms with van der Waals surface area (Å²) >= 11 is 0. The molecule has 0 radical (unpaired) electrons. The maximum Gasteiger partial charge on any atom is 0.251 e. The van der Waals surface area contributed by atoms with Crippen molar-refractivity contribution in [3.05, 3.63) is 35.4 Å². The molecule has 2 fully saturated rings. The standard InChI is InChI=1S/C17H22F2N2O2/c18-14-7-13(8-15(19)9-14)17(22)20-16-1-4-21(5-2-16)10-12-3-6-23-11-12/h7-9,12,16H,1-6,10-11H2,(H,20,22)/t12-/m1/s1. The van der Waals surface area contributed by atoms with Gasteiger partial charge in [0.15, 0.2) is 0 Å². The van der Waals surface area contributed by atoms with E-state index in [0.29, 0.717) is 5.92 Å². The fourth-order valence-electron chi connectivity index (χ4n) is 3.31. The molecule has 2 aliphatic rings. The van der Waals surface area contributed by atoms with Crippen LogP contribution in [0.5, 0.6) is 0 Å². The van der Waals surface area contributed by atoms with E-state index in [1.54, 1.807) is 0 Å². The number of piperidine rings is 1. The molecule has 2 heterocycles. The van der Waals surface area contributed by atoms with Gasteiger partial charge in [-0.3, -0.25) is 4.79 Å². The molecule has 2 aliphatic heterocycles. The zero-order valence-corrected chi connectivity index (χ0v) is 13.1. The fraction of sp³-hybridized carbons (Fsp3) is 0.588. The van der Waals surface area contributed by atoms with E-state index in [2.05, 4.69) is 10.2 Å². The normalized spacial score (nSPS) is 23.1. The Balaban J connectivity index is 1.47. The maximum atomic E-state index is 13.2. The second-order valence-corrected chi connectivity index (χ2v) is 6.44. The third kappa shape index (κ3) is 4.48. The highest BCUT2D eigenvalue weighted by atomic mass is 19.1. The van der Waals surface area contributed by atoms with Crippen molar-refractivity contribution in [3.63, 3.8) is 0 Å². The van der Waals surface area contributed by atoms with Crippen LogP contribution < -0.4 is 5.32 Å². The number of amides is 1. The van der Waals surface area contributed by atoms with Gasteiger partial charge in [-0.15, -0.1) is 0 Å². The van der Waals surface area contributed by atoms with Crippen LogP contribution in [0.3, 0.4) is 0 Å². The molecule has 0 bridgehead atoms. The third-order valence-corrected chi connectivity index (χ3v) is 4.59. The van der Waals surface area contributed by atoms with Crippen molar-refractivity contribution in [2.75, 3.05) is 32.8 Å². The smallest absolute Gasteiger partial charge is 0.251 e. The molecule has 23 heavy (non-hydrogen) atoms. The van der Waals surface area contributed by atoms with E-state index in [1.165, 1.54) is 0 Å². The molecular weight excluding hydrogens is 302 g/mol. The minimum atomic E-state index is -0.733. The number of rotatable bonds is 4. The number of likely N-dealkylation sites (tertiary alicyclic amines) is 1. The Morgan fingerprint density at radius 2 is 1.87 bits per heavy atom. The van der Waals surface area contributed by atoms with Gasteiger partial charge in [0.05, 0.1) is 6.61 Å². The average Bonchev–Trinajstić information content (AvgIpc) is 3.01. The summed E-state index contributed by atoms with van der Waals surface area (Å²) < 4.78 is 31.7. The molecule has 1 atom stereocenters. The largest absolute Gasteiger partial charge is 0.381 e. The predicted molar refractivity (Wildman–Crippen MR) is 82.2 cm³/mol. The zero-order valence-electron chi connectivity index (χ0n) is 13.1. The van der Waals surface area contributed by atoms with E-state index in [0.717, 1.165) is 70.3 Å². The van der Waals surface area contributed by atoms with Gasteiger partial charge in [0.25, 0.3) is 5.91 Å². The highest BCUT2D eigenvalue weighted by molar-refractivity contribution is 5.94. The summed E-state index contributed by atoms with van der Waals surface area (Å²) in [5, 5.41) is 2.88. The minimum Gasteiger partial charge on any atom is -0.381 e. The van der Waals surface area contributed by atoms with Crippen LogP contribution in [0.4, 0.5) is 8.78 Å². The molecule has 2 saturated heterocycles. The highest BCUT2D eigenvalue weighted by Crippen LogP contribution is 2.18. The Labute approximate surface area is 134 Å². The van der Waals surface area contributed by atoms with Gasteiger partial charge < -0.3 is 15.0 Å². The lowest BCUT2D eigenvalue weighted by atomic mass is 10.0. The molecule has 1 amide bonds. The number of hydrogen-bond acceptors (Lipinski definition) is 3. The van der Waals surface area contributed by atoms with Crippen molar-refractivity contribution < 1.29 is 18.3 Å². The van der Waals surface area contributed by atoms with Crippen molar-refractivity contribution in [2.45, 2.75) is 25.3 Å². The molecule has 1 aromatic rings. The number of nitrogens with zero attached hydrogens (tertiary/aromatic N) is 1. The van der Waals surface area contributed by atoms with E-state index >= 15 is 0 Å². The molecule has 1 aromatic carbocycles. The summed E-state index contributed by atoms with van der Waals surface area (Å²) in [6.07, 6.45) is 2.84. The minimum absolute atomic E-state index is 0.0352. The van der Waals surface area contributed by atoms with Gasteiger partial charge >= 0.3 is 0 Å². The number of hydrogen-bond donors (Lipinski definition) is 1. The summed E-state index contributed by atoms with van der Waals surface area (Å²) in [4.78, 5) is 14.5. The van der Waals surface area contributed by atoms with Gasteiger partial charge in [-0.05, 0) is 37.3 Å². The number of benzene rings is 1. The summed E-state index contributed by atoms with van der Waals surface area (Å²) in [5.41, 5.74) is 0.0352. The molecular formula is C17H22F2N2O2. The van der Waals surface area contributed by atoms with Crippen LogP contribution in [-0.4, -0.2) is 49.7 Å². The van der Waals surface area contributed by atoms with Gasteiger partial charge in [0.2, 0.25) is 0 Å². The van der Waals surface area contributed by atoms with E-state index in [1.807, 2.05) is 0 Å². The van der Waals surface area contributed by atoms with Crippen LogP contribution in [0.15, 0.2) is 18.2 Å². The van der Waals surface area contributed by atoms with Crippen molar-refractivity contribution in [1.82, 2.24) is 10.2 Å². The second-order valence-electron chi connectivity index (χ2n) is 6.44. The summed E-state index contributed by atoms with van der Waals surface area (Å²) in [6, 6.07) is 2.95. The maximum absolute atomic E-state index is 13.2. The van der Waals surface area contributed by atoms with E-state index < -0.39 is 17.5 Å². The lowest BCUT2D eigenvalue weighted by molar-refractivity contribution is 0.0902. The first-order valence-corrected chi connectivity index (χ1v) is 8.17. The molecule has 4 nitrogen and oxygen atoms in total. The summed E-state index contributed by atoms with van der Waals surface area (Å²) in [5.74, 6) is -1.25. The Kier molecular flexibility index (Phi) is 5.23. The van der Waals surface area contributed by atoms with Gasteiger partial charge in [0.1, 0.15) is 11.6 Å². The SMILES string of the molecule is O=C(NC1CCN(C[C@H]2CCOC2)CC1)c1cc(F)cc(F)c1. The quantitative estimate of drug-likeness (QED) is 0.923. The number of carbonyl (C=O) groups excluding carboxylic acids is 1. The second kappa shape index (κ2) is 7.36. The molecule has 126 valence electrons.